The molecule has 0 aromatic heterocycles. The summed E-state index contributed by atoms with van der Waals surface area (Å²) < 4.78 is 10.6. The number of nitrogens with one attached hydrogen (secondary N) is 1. The van der Waals surface area contributed by atoms with Crippen LogP contribution in [0.5, 0.6) is 0 Å². The normalized spacial score (nSPS) is 19.3. The molecule has 2 atom stereocenters. The van der Waals surface area contributed by atoms with Gasteiger partial charge in [-0.1, -0.05) is 26.7 Å². The fraction of sp³-hybridized carbons (Fsp3) is 0.938. The Morgan fingerprint density at radius 1 is 1.30 bits per heavy atom. The van der Waals surface area contributed by atoms with E-state index < -0.39 is 0 Å². The van der Waals surface area contributed by atoms with E-state index in [0.717, 1.165) is 32.8 Å². The highest BCUT2D eigenvalue weighted by Crippen LogP contribution is 2.20. The molecular weight excluding hydrogens is 407 g/mol. The lowest BCUT2D eigenvalue weighted by atomic mass is 9.92. The standard InChI is InChI=1S/C16H34N4O2.HI/c1-5-14(6-2)15(20-7-9-22-10-8-20)11-18-16(17)19-13(3)12-21-4;/h13-15H,5-12H2,1-4H3,(H3,17,18,19);1H. The first-order valence-electron chi connectivity index (χ1n) is 8.49. The van der Waals surface area contributed by atoms with E-state index >= 15 is 0 Å². The minimum absolute atomic E-state index is 0. The number of morpholine rings is 1. The second kappa shape index (κ2) is 13.2. The first kappa shape index (κ1) is 22.9. The average molecular weight is 442 g/mol. The van der Waals surface area contributed by atoms with Gasteiger partial charge in [-0.15, -0.1) is 24.0 Å². The number of methoxy groups -OCH3 is 1. The highest BCUT2D eigenvalue weighted by atomic mass is 127. The number of aliphatic imine (C=N–C) groups is 1. The molecule has 1 fully saturated rings. The van der Waals surface area contributed by atoms with E-state index in [2.05, 4.69) is 29.1 Å². The van der Waals surface area contributed by atoms with Gasteiger partial charge >= 0.3 is 0 Å². The van der Waals surface area contributed by atoms with Crippen LogP contribution in [0.3, 0.4) is 0 Å². The van der Waals surface area contributed by atoms with Crippen LogP contribution in [0.4, 0.5) is 0 Å². The van der Waals surface area contributed by atoms with Gasteiger partial charge in [-0.05, 0) is 12.8 Å². The number of rotatable bonds is 9. The van der Waals surface area contributed by atoms with Gasteiger partial charge in [0.25, 0.3) is 0 Å². The first-order chi connectivity index (χ1) is 10.6. The molecule has 1 heterocycles. The topological polar surface area (TPSA) is 72.1 Å². The van der Waals surface area contributed by atoms with E-state index in [4.69, 9.17) is 15.2 Å². The Labute approximate surface area is 158 Å². The number of hydrogen-bond donors (Lipinski definition) is 2. The molecule has 2 unspecified atom stereocenters. The summed E-state index contributed by atoms with van der Waals surface area (Å²) in [6, 6.07) is 0.612. The SMILES string of the molecule is CCC(CC)C(CN=C(N)NC(C)COC)N1CCOCC1.I. The molecule has 0 aromatic carbocycles. The molecular formula is C16H35IN4O2. The van der Waals surface area contributed by atoms with Crippen molar-refractivity contribution in [3.05, 3.63) is 0 Å². The first-order valence-corrected chi connectivity index (χ1v) is 8.49. The Kier molecular flexibility index (Phi) is 13.1. The molecule has 1 rings (SSSR count). The maximum atomic E-state index is 6.01. The minimum Gasteiger partial charge on any atom is -0.383 e. The average Bonchev–Trinajstić information content (AvgIpc) is 2.52. The van der Waals surface area contributed by atoms with Crippen LogP contribution in [0.1, 0.15) is 33.6 Å². The Morgan fingerprint density at radius 3 is 2.43 bits per heavy atom. The van der Waals surface area contributed by atoms with Crippen molar-refractivity contribution in [2.24, 2.45) is 16.6 Å². The maximum Gasteiger partial charge on any atom is 0.188 e. The Balaban J connectivity index is 0.00000484. The van der Waals surface area contributed by atoms with Crippen LogP contribution >= 0.6 is 24.0 Å². The van der Waals surface area contributed by atoms with Crippen LogP contribution in [-0.2, 0) is 9.47 Å². The molecule has 0 amide bonds. The Morgan fingerprint density at radius 2 is 1.91 bits per heavy atom. The van der Waals surface area contributed by atoms with Crippen molar-refractivity contribution >= 4 is 29.9 Å². The number of ether oxygens (including phenoxy) is 2. The lowest BCUT2D eigenvalue weighted by Gasteiger charge is -2.38. The molecule has 138 valence electrons. The zero-order chi connectivity index (χ0) is 16.4. The third kappa shape index (κ3) is 8.51. The van der Waals surface area contributed by atoms with Crippen molar-refractivity contribution in [2.75, 3.05) is 46.6 Å². The van der Waals surface area contributed by atoms with Gasteiger partial charge in [-0.3, -0.25) is 9.89 Å². The van der Waals surface area contributed by atoms with Crippen molar-refractivity contribution in [1.29, 1.82) is 0 Å². The molecule has 0 spiro atoms. The van der Waals surface area contributed by atoms with Gasteiger partial charge in [0.05, 0.1) is 26.4 Å². The molecule has 6 nitrogen and oxygen atoms in total. The summed E-state index contributed by atoms with van der Waals surface area (Å²) in [7, 11) is 1.69. The van der Waals surface area contributed by atoms with Gasteiger partial charge in [0.1, 0.15) is 0 Å². The van der Waals surface area contributed by atoms with E-state index in [1.165, 1.54) is 12.8 Å². The van der Waals surface area contributed by atoms with Gasteiger partial charge in [0.2, 0.25) is 0 Å². The van der Waals surface area contributed by atoms with Crippen molar-refractivity contribution in [3.8, 4) is 0 Å². The van der Waals surface area contributed by atoms with Crippen LogP contribution in [0.25, 0.3) is 0 Å². The van der Waals surface area contributed by atoms with Crippen molar-refractivity contribution < 1.29 is 9.47 Å². The van der Waals surface area contributed by atoms with Gasteiger partial charge in [-0.2, -0.15) is 0 Å². The smallest absolute Gasteiger partial charge is 0.188 e. The summed E-state index contributed by atoms with van der Waals surface area (Å²) in [5, 5.41) is 3.17. The van der Waals surface area contributed by atoms with Crippen LogP contribution in [-0.4, -0.2) is 69.5 Å². The molecule has 0 radical (unpaired) electrons. The molecule has 0 aliphatic carbocycles. The predicted octanol–water partition coefficient (Wildman–Crippen LogP) is 1.68. The number of hydrogen-bond acceptors (Lipinski definition) is 4. The molecule has 0 aromatic rings. The molecule has 7 heteroatoms. The van der Waals surface area contributed by atoms with Gasteiger partial charge in [0, 0.05) is 32.3 Å². The zero-order valence-corrected chi connectivity index (χ0v) is 17.4. The van der Waals surface area contributed by atoms with Crippen LogP contribution in [0.2, 0.25) is 0 Å². The van der Waals surface area contributed by atoms with Gasteiger partial charge in [0.15, 0.2) is 5.96 Å². The Hall–Kier alpha value is -0.120. The number of halogens is 1. The van der Waals surface area contributed by atoms with E-state index in [9.17, 15) is 0 Å². The lowest BCUT2D eigenvalue weighted by molar-refractivity contribution is 0.00396. The quantitative estimate of drug-likeness (QED) is 0.323. The van der Waals surface area contributed by atoms with Gasteiger partial charge in [-0.25, -0.2) is 0 Å². The van der Waals surface area contributed by atoms with E-state index in [0.29, 0.717) is 24.5 Å². The zero-order valence-electron chi connectivity index (χ0n) is 15.1. The fourth-order valence-corrected chi connectivity index (χ4v) is 3.09. The molecule has 1 aliphatic rings. The summed E-state index contributed by atoms with van der Waals surface area (Å²) in [6.45, 7) is 11.5. The minimum atomic E-state index is 0. The molecule has 23 heavy (non-hydrogen) atoms. The van der Waals surface area contributed by atoms with Crippen molar-refractivity contribution in [3.63, 3.8) is 0 Å². The number of guanidine groups is 1. The summed E-state index contributed by atoms with van der Waals surface area (Å²) in [5.74, 6) is 1.15. The van der Waals surface area contributed by atoms with E-state index in [-0.39, 0.29) is 30.0 Å². The second-order valence-electron chi connectivity index (χ2n) is 6.02. The lowest BCUT2D eigenvalue weighted by Crippen LogP contribution is -2.49. The summed E-state index contributed by atoms with van der Waals surface area (Å²) >= 11 is 0. The largest absolute Gasteiger partial charge is 0.383 e. The van der Waals surface area contributed by atoms with Gasteiger partial charge < -0.3 is 20.5 Å². The van der Waals surface area contributed by atoms with E-state index in [1.807, 2.05) is 6.92 Å². The summed E-state index contributed by atoms with van der Waals surface area (Å²) in [5.41, 5.74) is 6.01. The Bertz CT molecular complexity index is 321. The molecule has 1 aliphatic heterocycles. The van der Waals surface area contributed by atoms with Crippen molar-refractivity contribution in [1.82, 2.24) is 10.2 Å². The third-order valence-corrected chi connectivity index (χ3v) is 4.37. The predicted molar refractivity (Wildman–Crippen MR) is 107 cm³/mol. The number of nitrogens with zero attached hydrogens (tertiary/aromatic N) is 2. The van der Waals surface area contributed by atoms with Crippen LogP contribution in [0, 0.1) is 5.92 Å². The molecule has 1 saturated heterocycles. The fourth-order valence-electron chi connectivity index (χ4n) is 3.09. The molecule has 3 N–H and O–H groups in total. The highest BCUT2D eigenvalue weighted by molar-refractivity contribution is 14.0. The second-order valence-corrected chi connectivity index (χ2v) is 6.02. The number of nitrogens with two attached hydrogens (primary N) is 1. The summed E-state index contributed by atoms with van der Waals surface area (Å²) in [4.78, 5) is 7.09. The monoisotopic (exact) mass is 442 g/mol. The highest BCUT2D eigenvalue weighted by Gasteiger charge is 2.26. The molecule has 0 saturated carbocycles. The summed E-state index contributed by atoms with van der Waals surface area (Å²) in [6.07, 6.45) is 2.34. The van der Waals surface area contributed by atoms with Crippen LogP contribution in [0.15, 0.2) is 4.99 Å². The maximum absolute atomic E-state index is 6.01. The van der Waals surface area contributed by atoms with Crippen LogP contribution < -0.4 is 11.1 Å². The van der Waals surface area contributed by atoms with Crippen molar-refractivity contribution in [2.45, 2.75) is 45.7 Å². The third-order valence-electron chi connectivity index (χ3n) is 4.37. The van der Waals surface area contributed by atoms with E-state index in [1.54, 1.807) is 7.11 Å². The molecule has 0 bridgehead atoms.